The molecule has 3 nitrogen and oxygen atoms in total. The summed E-state index contributed by atoms with van der Waals surface area (Å²) in [5.74, 6) is 6.87. The summed E-state index contributed by atoms with van der Waals surface area (Å²) in [6.07, 6.45) is 5.23. The lowest BCUT2D eigenvalue weighted by Crippen LogP contribution is -2.52. The van der Waals surface area contributed by atoms with Gasteiger partial charge >= 0.3 is 0 Å². The molecule has 0 aromatic heterocycles. The molecule has 3 aliphatic rings. The molecule has 0 bridgehead atoms. The van der Waals surface area contributed by atoms with Crippen molar-refractivity contribution in [2.24, 2.45) is 0 Å². The molecule has 4 heteroatoms. The maximum Gasteiger partial charge on any atom is 0.147 e. The molecule has 2 heterocycles. The topological polar surface area (TPSA) is 32.3 Å². The highest BCUT2D eigenvalue weighted by Crippen LogP contribution is 2.55. The zero-order valence-corrected chi connectivity index (χ0v) is 17.0. The van der Waals surface area contributed by atoms with Crippen molar-refractivity contribution in [1.29, 1.82) is 0 Å². The quantitative estimate of drug-likeness (QED) is 0.505. The van der Waals surface area contributed by atoms with E-state index >= 15 is 0 Å². The van der Waals surface area contributed by atoms with E-state index in [4.69, 9.17) is 0 Å². The van der Waals surface area contributed by atoms with Gasteiger partial charge in [-0.2, -0.15) is 0 Å². The van der Waals surface area contributed by atoms with Crippen molar-refractivity contribution in [3.63, 3.8) is 0 Å². The number of benzene rings is 1. The summed E-state index contributed by atoms with van der Waals surface area (Å²) in [7, 11) is -1.10. The van der Waals surface area contributed by atoms with E-state index in [0.717, 1.165) is 43.8 Å². The minimum Gasteiger partial charge on any atom is -0.377 e. The molecule has 4 rings (SSSR count). The van der Waals surface area contributed by atoms with Crippen molar-refractivity contribution in [2.45, 2.75) is 56.0 Å². The number of para-hydroxylation sites is 1. The van der Waals surface area contributed by atoms with E-state index in [1.165, 1.54) is 11.3 Å². The normalized spacial score (nSPS) is 29.6. The van der Waals surface area contributed by atoms with E-state index in [1.54, 1.807) is 0 Å². The number of carbonyl (C=O) groups is 1. The lowest BCUT2D eigenvalue weighted by atomic mass is 9.65. The van der Waals surface area contributed by atoms with E-state index in [2.05, 4.69) is 72.0 Å². The SMILES string of the molecule is C[Si](C)(C)CC#CCN1CC[C@]23c4ccccc4N[C@H]2C(C=O)=CC[C@H]13. The number of nitrogens with one attached hydrogen (secondary N) is 1. The van der Waals surface area contributed by atoms with E-state index in [0.29, 0.717) is 6.04 Å². The summed E-state index contributed by atoms with van der Waals surface area (Å²) in [5.41, 5.74) is 3.52. The van der Waals surface area contributed by atoms with Crippen molar-refractivity contribution in [1.82, 2.24) is 4.90 Å². The van der Waals surface area contributed by atoms with Crippen molar-refractivity contribution in [3.05, 3.63) is 41.5 Å². The van der Waals surface area contributed by atoms with Crippen LogP contribution in [0.2, 0.25) is 25.7 Å². The zero-order chi connectivity index (χ0) is 18.4. The summed E-state index contributed by atoms with van der Waals surface area (Å²) in [4.78, 5) is 14.2. The van der Waals surface area contributed by atoms with Crippen LogP contribution in [0.4, 0.5) is 5.69 Å². The van der Waals surface area contributed by atoms with Crippen molar-refractivity contribution in [3.8, 4) is 11.8 Å². The molecule has 1 saturated heterocycles. The lowest BCUT2D eigenvalue weighted by molar-refractivity contribution is -0.105. The predicted molar refractivity (Wildman–Crippen MR) is 110 cm³/mol. The number of likely N-dealkylation sites (tertiary alicyclic amines) is 1. The van der Waals surface area contributed by atoms with Gasteiger partial charge in [0, 0.05) is 35.3 Å². The molecule has 1 spiro atoms. The second-order valence-corrected chi connectivity index (χ2v) is 14.5. The Bertz CT molecular complexity index is 813. The van der Waals surface area contributed by atoms with Crippen LogP contribution in [0.25, 0.3) is 0 Å². The van der Waals surface area contributed by atoms with Gasteiger partial charge in [-0.05, 0) is 24.5 Å². The molecule has 1 fully saturated rings. The first-order valence-corrected chi connectivity index (χ1v) is 13.4. The Morgan fingerprint density at radius 3 is 2.88 bits per heavy atom. The summed E-state index contributed by atoms with van der Waals surface area (Å²) in [6.45, 7) is 9.00. The number of hydrogen-bond acceptors (Lipinski definition) is 3. The van der Waals surface area contributed by atoms with Gasteiger partial charge in [-0.1, -0.05) is 49.8 Å². The second kappa shape index (κ2) is 6.40. The standard InChI is InChI=1S/C22H28N2OSi/c1-26(2,3)15-7-6-13-24-14-12-22-18-8-4-5-9-19(18)23-21(22)17(16-25)10-11-20(22)24/h4-5,8-10,16,20-21,23H,11-15H2,1-3H3/t20-,21-,22+/m0/s1. The minimum absolute atomic E-state index is 0.0159. The van der Waals surface area contributed by atoms with Gasteiger partial charge in [-0.25, -0.2) is 0 Å². The van der Waals surface area contributed by atoms with Gasteiger partial charge in [0.1, 0.15) is 6.29 Å². The number of hydrogen-bond donors (Lipinski definition) is 1. The Balaban J connectivity index is 1.63. The minimum atomic E-state index is -1.10. The van der Waals surface area contributed by atoms with Crippen LogP contribution in [-0.4, -0.2) is 44.4 Å². The van der Waals surface area contributed by atoms with Crippen LogP contribution in [0, 0.1) is 11.8 Å². The number of rotatable bonds is 3. The Morgan fingerprint density at radius 2 is 2.12 bits per heavy atom. The summed E-state index contributed by atoms with van der Waals surface area (Å²) < 4.78 is 0. The van der Waals surface area contributed by atoms with E-state index in [9.17, 15) is 4.79 Å². The highest BCUT2D eigenvalue weighted by atomic mass is 28.3. The molecule has 0 saturated carbocycles. The van der Waals surface area contributed by atoms with Crippen LogP contribution in [0.15, 0.2) is 35.9 Å². The number of aldehydes is 1. The molecule has 1 aromatic rings. The van der Waals surface area contributed by atoms with Crippen LogP contribution in [0.3, 0.4) is 0 Å². The summed E-state index contributed by atoms with van der Waals surface area (Å²) in [5, 5.41) is 3.65. The molecule has 1 N–H and O–H groups in total. The van der Waals surface area contributed by atoms with E-state index < -0.39 is 8.07 Å². The van der Waals surface area contributed by atoms with Crippen LogP contribution in [-0.2, 0) is 10.2 Å². The average Bonchev–Trinajstić information content (AvgIpc) is 3.15. The third kappa shape index (κ3) is 2.74. The largest absolute Gasteiger partial charge is 0.377 e. The predicted octanol–water partition coefficient (Wildman–Crippen LogP) is 3.66. The highest BCUT2D eigenvalue weighted by molar-refractivity contribution is 6.76. The zero-order valence-electron chi connectivity index (χ0n) is 16.0. The third-order valence-electron chi connectivity index (χ3n) is 6.16. The molecule has 2 aliphatic heterocycles. The van der Waals surface area contributed by atoms with Gasteiger partial charge in [0.25, 0.3) is 0 Å². The lowest BCUT2D eigenvalue weighted by Gasteiger charge is -2.42. The monoisotopic (exact) mass is 364 g/mol. The fourth-order valence-electron chi connectivity index (χ4n) is 4.98. The Kier molecular flexibility index (Phi) is 4.33. The molecular weight excluding hydrogens is 336 g/mol. The number of carbonyl (C=O) groups excluding carboxylic acids is 1. The molecule has 26 heavy (non-hydrogen) atoms. The van der Waals surface area contributed by atoms with Gasteiger partial charge in [0.05, 0.1) is 20.7 Å². The maximum atomic E-state index is 11.7. The van der Waals surface area contributed by atoms with E-state index in [-0.39, 0.29) is 11.5 Å². The molecule has 136 valence electrons. The van der Waals surface area contributed by atoms with Crippen molar-refractivity contribution < 1.29 is 4.79 Å². The first-order valence-electron chi connectivity index (χ1n) is 9.67. The van der Waals surface area contributed by atoms with Crippen LogP contribution in [0.5, 0.6) is 0 Å². The number of anilines is 1. The first kappa shape index (κ1) is 17.6. The fraction of sp³-hybridized carbons (Fsp3) is 0.500. The van der Waals surface area contributed by atoms with Crippen LogP contribution in [0.1, 0.15) is 18.4 Å². The van der Waals surface area contributed by atoms with Gasteiger partial charge < -0.3 is 5.32 Å². The van der Waals surface area contributed by atoms with Gasteiger partial charge in [-0.15, -0.1) is 5.92 Å². The second-order valence-electron chi connectivity index (χ2n) is 9.05. The molecule has 1 aromatic carbocycles. The van der Waals surface area contributed by atoms with Gasteiger partial charge in [0.15, 0.2) is 0 Å². The fourth-order valence-corrected chi connectivity index (χ4v) is 5.63. The molecule has 1 aliphatic carbocycles. The molecule has 3 atom stereocenters. The van der Waals surface area contributed by atoms with E-state index in [1.807, 2.05) is 0 Å². The Labute approximate surface area is 157 Å². The average molecular weight is 365 g/mol. The number of nitrogens with zero attached hydrogens (tertiary/aromatic N) is 1. The Morgan fingerprint density at radius 1 is 1.31 bits per heavy atom. The molecule has 0 radical (unpaired) electrons. The molecule has 0 unspecified atom stereocenters. The third-order valence-corrected chi connectivity index (χ3v) is 7.40. The summed E-state index contributed by atoms with van der Waals surface area (Å²) >= 11 is 0. The van der Waals surface area contributed by atoms with Crippen LogP contribution >= 0.6 is 0 Å². The molecule has 0 amide bonds. The van der Waals surface area contributed by atoms with Gasteiger partial charge in [0.2, 0.25) is 0 Å². The number of fused-ring (bicyclic) bond motifs is 1. The smallest absolute Gasteiger partial charge is 0.147 e. The molecular formula is C22H28N2OSi. The first-order chi connectivity index (χ1) is 12.5. The maximum absolute atomic E-state index is 11.7. The van der Waals surface area contributed by atoms with Crippen LogP contribution < -0.4 is 5.32 Å². The van der Waals surface area contributed by atoms with Gasteiger partial charge in [-0.3, -0.25) is 9.69 Å². The van der Waals surface area contributed by atoms with Crippen molar-refractivity contribution >= 4 is 20.0 Å². The van der Waals surface area contributed by atoms with Crippen molar-refractivity contribution in [2.75, 3.05) is 18.4 Å². The Hall–Kier alpha value is -1.83. The summed E-state index contributed by atoms with van der Waals surface area (Å²) in [6, 6.07) is 10.2. The highest BCUT2D eigenvalue weighted by Gasteiger charge is 2.59.